The number of hydrogen-bond donors (Lipinski definition) is 0. The number of methoxy groups -OCH3 is 1. The van der Waals surface area contributed by atoms with Gasteiger partial charge in [0.2, 0.25) is 5.91 Å². The summed E-state index contributed by atoms with van der Waals surface area (Å²) in [6.45, 7) is -0.740. The van der Waals surface area contributed by atoms with E-state index in [4.69, 9.17) is 9.47 Å². The molecular formula is C23H23F5N2O4. The van der Waals surface area contributed by atoms with Crippen molar-refractivity contribution in [3.8, 4) is 11.5 Å². The lowest BCUT2D eigenvalue weighted by Gasteiger charge is -2.35. The van der Waals surface area contributed by atoms with Crippen LogP contribution in [0.15, 0.2) is 36.4 Å². The molecule has 1 aliphatic rings. The summed E-state index contributed by atoms with van der Waals surface area (Å²) in [5.74, 6) is -2.74. The molecule has 0 N–H and O–H groups in total. The Morgan fingerprint density at radius 1 is 0.941 bits per heavy atom. The second kappa shape index (κ2) is 10.7. The molecule has 34 heavy (non-hydrogen) atoms. The molecule has 2 amide bonds. The molecule has 0 saturated carbocycles. The highest BCUT2D eigenvalue weighted by Crippen LogP contribution is 2.30. The van der Waals surface area contributed by atoms with Crippen molar-refractivity contribution in [1.29, 1.82) is 0 Å². The first kappa shape index (κ1) is 25.3. The standard InChI is InChI=1S/C23H23F5N2O4/c1-33-19-13-15(5-7-18(19)34-14-23(26,27)28)6-8-20(31)29-9-11-30(12-10-29)22(32)21-16(24)3-2-4-17(21)25/h2-5,7,13H,6,8-12,14H2,1H3. The molecule has 0 unspecified atom stereocenters. The molecule has 3 rings (SSSR count). The Morgan fingerprint density at radius 3 is 2.15 bits per heavy atom. The number of hydrogen-bond acceptors (Lipinski definition) is 4. The molecular weight excluding hydrogens is 463 g/mol. The average Bonchev–Trinajstić information content (AvgIpc) is 2.80. The average molecular weight is 486 g/mol. The predicted molar refractivity (Wildman–Crippen MR) is 112 cm³/mol. The maximum atomic E-state index is 13.9. The van der Waals surface area contributed by atoms with Gasteiger partial charge < -0.3 is 19.3 Å². The van der Waals surface area contributed by atoms with E-state index in [-0.39, 0.29) is 50.0 Å². The van der Waals surface area contributed by atoms with Gasteiger partial charge in [0, 0.05) is 32.6 Å². The van der Waals surface area contributed by atoms with Crippen LogP contribution in [-0.2, 0) is 11.2 Å². The molecule has 11 heteroatoms. The molecule has 0 aromatic heterocycles. The Bertz CT molecular complexity index is 1020. The second-order valence-corrected chi connectivity index (χ2v) is 7.66. The van der Waals surface area contributed by atoms with Crippen LogP contribution in [0.3, 0.4) is 0 Å². The summed E-state index contributed by atoms with van der Waals surface area (Å²) in [4.78, 5) is 27.9. The molecule has 0 radical (unpaired) electrons. The minimum absolute atomic E-state index is 0.0537. The van der Waals surface area contributed by atoms with Crippen LogP contribution in [0.4, 0.5) is 22.0 Å². The van der Waals surface area contributed by atoms with E-state index in [2.05, 4.69) is 0 Å². The number of carbonyl (C=O) groups excluding carboxylic acids is 2. The van der Waals surface area contributed by atoms with Crippen LogP contribution in [0.2, 0.25) is 0 Å². The third kappa shape index (κ3) is 6.36. The number of piperazine rings is 1. The van der Waals surface area contributed by atoms with Crippen LogP contribution in [0.1, 0.15) is 22.3 Å². The summed E-state index contributed by atoms with van der Waals surface area (Å²) in [6, 6.07) is 7.63. The zero-order chi connectivity index (χ0) is 24.9. The van der Waals surface area contributed by atoms with Gasteiger partial charge in [-0.1, -0.05) is 12.1 Å². The normalized spacial score (nSPS) is 14.2. The maximum Gasteiger partial charge on any atom is 0.422 e. The summed E-state index contributed by atoms with van der Waals surface area (Å²) in [5, 5.41) is 0. The van der Waals surface area contributed by atoms with Crippen molar-refractivity contribution < 1.29 is 41.0 Å². The Hall–Kier alpha value is -3.37. The number of ether oxygens (including phenoxy) is 2. The van der Waals surface area contributed by atoms with Gasteiger partial charge in [-0.25, -0.2) is 8.78 Å². The van der Waals surface area contributed by atoms with Crippen LogP contribution < -0.4 is 9.47 Å². The number of carbonyl (C=O) groups is 2. The highest BCUT2D eigenvalue weighted by Gasteiger charge is 2.29. The quantitative estimate of drug-likeness (QED) is 0.559. The Balaban J connectivity index is 1.52. The van der Waals surface area contributed by atoms with Gasteiger partial charge in [-0.05, 0) is 36.2 Å². The van der Waals surface area contributed by atoms with E-state index in [1.807, 2.05) is 0 Å². The van der Waals surface area contributed by atoms with Crippen molar-refractivity contribution in [2.45, 2.75) is 19.0 Å². The van der Waals surface area contributed by atoms with E-state index in [0.29, 0.717) is 12.0 Å². The number of aryl methyl sites for hydroxylation is 1. The van der Waals surface area contributed by atoms with Gasteiger partial charge in [0.05, 0.1) is 7.11 Å². The lowest BCUT2D eigenvalue weighted by Crippen LogP contribution is -2.50. The van der Waals surface area contributed by atoms with E-state index in [9.17, 15) is 31.5 Å². The SMILES string of the molecule is COc1cc(CCC(=O)N2CCN(C(=O)c3c(F)cccc3F)CC2)ccc1OCC(F)(F)F. The third-order valence-electron chi connectivity index (χ3n) is 5.34. The number of benzene rings is 2. The van der Waals surface area contributed by atoms with Gasteiger partial charge >= 0.3 is 6.18 Å². The van der Waals surface area contributed by atoms with E-state index in [1.165, 1.54) is 30.2 Å². The largest absolute Gasteiger partial charge is 0.493 e. The fraction of sp³-hybridized carbons (Fsp3) is 0.391. The predicted octanol–water partition coefficient (Wildman–Crippen LogP) is 3.83. The van der Waals surface area contributed by atoms with Crippen molar-refractivity contribution in [3.05, 3.63) is 59.2 Å². The smallest absolute Gasteiger partial charge is 0.422 e. The first-order chi connectivity index (χ1) is 16.1. The summed E-state index contributed by atoms with van der Waals surface area (Å²) in [6.07, 6.45) is -4.04. The monoisotopic (exact) mass is 486 g/mol. The summed E-state index contributed by atoms with van der Waals surface area (Å²) in [5.41, 5.74) is 0.0623. The highest BCUT2D eigenvalue weighted by atomic mass is 19.4. The molecule has 1 heterocycles. The molecule has 0 atom stereocenters. The molecule has 1 saturated heterocycles. The van der Waals surface area contributed by atoms with Crippen molar-refractivity contribution in [3.63, 3.8) is 0 Å². The molecule has 1 fully saturated rings. The van der Waals surface area contributed by atoms with Gasteiger partial charge in [0.25, 0.3) is 5.91 Å². The molecule has 1 aliphatic heterocycles. The first-order valence-electron chi connectivity index (χ1n) is 10.5. The van der Waals surface area contributed by atoms with Crippen LogP contribution in [0.5, 0.6) is 11.5 Å². The van der Waals surface area contributed by atoms with Crippen LogP contribution in [0, 0.1) is 11.6 Å². The maximum absolute atomic E-state index is 13.9. The molecule has 2 aromatic rings. The van der Waals surface area contributed by atoms with Gasteiger partial charge in [-0.3, -0.25) is 9.59 Å². The van der Waals surface area contributed by atoms with Gasteiger partial charge in [0.15, 0.2) is 18.1 Å². The van der Waals surface area contributed by atoms with Crippen LogP contribution >= 0.6 is 0 Å². The van der Waals surface area contributed by atoms with E-state index in [0.717, 1.165) is 12.1 Å². The van der Waals surface area contributed by atoms with E-state index < -0.39 is 35.9 Å². The summed E-state index contributed by atoms with van der Waals surface area (Å²) < 4.78 is 74.7. The molecule has 2 aromatic carbocycles. The van der Waals surface area contributed by atoms with E-state index in [1.54, 1.807) is 11.0 Å². The fourth-order valence-corrected chi connectivity index (χ4v) is 3.57. The number of alkyl halides is 3. The van der Waals surface area contributed by atoms with Crippen LogP contribution in [-0.4, -0.2) is 67.7 Å². The molecule has 0 aliphatic carbocycles. The summed E-state index contributed by atoms with van der Waals surface area (Å²) in [7, 11) is 1.30. The minimum atomic E-state index is -4.48. The Labute approximate surface area is 192 Å². The second-order valence-electron chi connectivity index (χ2n) is 7.66. The highest BCUT2D eigenvalue weighted by molar-refractivity contribution is 5.95. The lowest BCUT2D eigenvalue weighted by molar-refractivity contribution is -0.153. The van der Waals surface area contributed by atoms with E-state index >= 15 is 0 Å². The van der Waals surface area contributed by atoms with Gasteiger partial charge in [-0.15, -0.1) is 0 Å². The zero-order valence-electron chi connectivity index (χ0n) is 18.3. The number of nitrogens with zero attached hydrogens (tertiary/aromatic N) is 2. The molecule has 0 bridgehead atoms. The molecule has 6 nitrogen and oxygen atoms in total. The number of halogens is 5. The topological polar surface area (TPSA) is 59.1 Å². The van der Waals surface area contributed by atoms with Gasteiger partial charge in [-0.2, -0.15) is 13.2 Å². The summed E-state index contributed by atoms with van der Waals surface area (Å²) >= 11 is 0. The van der Waals surface area contributed by atoms with Gasteiger partial charge in [0.1, 0.15) is 17.2 Å². The molecule has 0 spiro atoms. The Morgan fingerprint density at radius 2 is 1.56 bits per heavy atom. The van der Waals surface area contributed by atoms with Crippen molar-refractivity contribution in [2.75, 3.05) is 39.9 Å². The Kier molecular flexibility index (Phi) is 7.95. The fourth-order valence-electron chi connectivity index (χ4n) is 3.57. The third-order valence-corrected chi connectivity index (χ3v) is 5.34. The van der Waals surface area contributed by atoms with Crippen LogP contribution in [0.25, 0.3) is 0 Å². The lowest BCUT2D eigenvalue weighted by atomic mass is 10.1. The van der Waals surface area contributed by atoms with Crippen molar-refractivity contribution >= 4 is 11.8 Å². The number of amides is 2. The zero-order valence-corrected chi connectivity index (χ0v) is 18.3. The molecule has 184 valence electrons. The minimum Gasteiger partial charge on any atom is -0.493 e. The first-order valence-corrected chi connectivity index (χ1v) is 10.5. The van der Waals surface area contributed by atoms with Crippen molar-refractivity contribution in [1.82, 2.24) is 9.80 Å². The number of rotatable bonds is 7. The van der Waals surface area contributed by atoms with Crippen molar-refractivity contribution in [2.24, 2.45) is 0 Å².